The molecule has 1 aliphatic heterocycles. The molecule has 4 heteroatoms. The first-order valence-electron chi connectivity index (χ1n) is 8.65. The Balaban J connectivity index is 1.99. The van der Waals surface area contributed by atoms with Crippen LogP contribution in [0.2, 0.25) is 0 Å². The van der Waals surface area contributed by atoms with Crippen molar-refractivity contribution in [1.82, 2.24) is 0 Å². The number of anilines is 1. The molecule has 3 rings (SSSR count). The molecule has 0 saturated heterocycles. The van der Waals surface area contributed by atoms with E-state index in [-0.39, 0.29) is 11.1 Å². The van der Waals surface area contributed by atoms with Crippen molar-refractivity contribution < 1.29 is 9.90 Å². The molecule has 26 heavy (non-hydrogen) atoms. The van der Waals surface area contributed by atoms with Crippen molar-refractivity contribution in [2.24, 2.45) is 4.99 Å². The minimum absolute atomic E-state index is 0.0175. The van der Waals surface area contributed by atoms with Gasteiger partial charge in [-0.3, -0.25) is 4.99 Å². The van der Waals surface area contributed by atoms with E-state index in [1.807, 2.05) is 6.21 Å². The van der Waals surface area contributed by atoms with Crippen LogP contribution in [0.5, 0.6) is 0 Å². The van der Waals surface area contributed by atoms with E-state index in [0.29, 0.717) is 5.69 Å². The lowest BCUT2D eigenvalue weighted by Crippen LogP contribution is -2.42. The van der Waals surface area contributed by atoms with Crippen molar-refractivity contribution in [3.05, 3.63) is 64.7 Å². The van der Waals surface area contributed by atoms with Crippen molar-refractivity contribution in [2.45, 2.75) is 33.2 Å². The van der Waals surface area contributed by atoms with Gasteiger partial charge in [0, 0.05) is 24.5 Å². The molecule has 134 valence electrons. The number of carbonyl (C=O) groups is 1. The minimum Gasteiger partial charge on any atom is -0.478 e. The number of allylic oxidation sites excluding steroid dienone is 1. The zero-order valence-corrected chi connectivity index (χ0v) is 15.9. The molecule has 0 aromatic heterocycles. The molecule has 0 saturated carbocycles. The molecule has 0 amide bonds. The van der Waals surface area contributed by atoms with E-state index < -0.39 is 5.97 Å². The first-order chi connectivity index (χ1) is 12.2. The van der Waals surface area contributed by atoms with Crippen LogP contribution >= 0.6 is 0 Å². The Bertz CT molecular complexity index is 939. The quantitative estimate of drug-likeness (QED) is 0.787. The number of aliphatic imine (C=N–C) groups is 1. The second kappa shape index (κ2) is 6.45. The normalized spacial score (nSPS) is 15.7. The van der Waals surface area contributed by atoms with Crippen LogP contribution in [-0.4, -0.2) is 29.9 Å². The molecule has 1 aliphatic rings. The van der Waals surface area contributed by atoms with Gasteiger partial charge in [-0.25, -0.2) is 4.79 Å². The Hall–Kier alpha value is -2.88. The summed E-state index contributed by atoms with van der Waals surface area (Å²) in [5, 5.41) is 9.10. The van der Waals surface area contributed by atoms with Crippen LogP contribution in [0.1, 0.15) is 47.8 Å². The smallest absolute Gasteiger partial charge is 0.335 e. The summed E-state index contributed by atoms with van der Waals surface area (Å²) in [4.78, 5) is 17.9. The number of fused-ring (bicyclic) bond motifs is 1. The van der Waals surface area contributed by atoms with E-state index in [9.17, 15) is 4.79 Å². The van der Waals surface area contributed by atoms with Gasteiger partial charge in [0.05, 0.1) is 16.8 Å². The number of aryl methyl sites for hydroxylation is 1. The van der Waals surface area contributed by atoms with Crippen molar-refractivity contribution in [1.29, 1.82) is 0 Å². The molecule has 0 atom stereocenters. The fourth-order valence-corrected chi connectivity index (χ4v) is 3.32. The molecule has 4 nitrogen and oxygen atoms in total. The van der Waals surface area contributed by atoms with Gasteiger partial charge < -0.3 is 10.0 Å². The van der Waals surface area contributed by atoms with Gasteiger partial charge in [-0.15, -0.1) is 0 Å². The summed E-state index contributed by atoms with van der Waals surface area (Å²) in [6.45, 7) is 8.63. The summed E-state index contributed by atoms with van der Waals surface area (Å²) in [6, 6.07) is 11.0. The lowest BCUT2D eigenvalue weighted by molar-refractivity contribution is 0.0697. The molecule has 0 bridgehead atoms. The molecular weight excluding hydrogens is 324 g/mol. The Morgan fingerprint density at radius 3 is 2.62 bits per heavy atom. The van der Waals surface area contributed by atoms with Gasteiger partial charge in [0.25, 0.3) is 0 Å². The second-order valence-electron chi connectivity index (χ2n) is 7.38. The van der Waals surface area contributed by atoms with Gasteiger partial charge in [-0.2, -0.15) is 0 Å². The second-order valence-corrected chi connectivity index (χ2v) is 7.38. The van der Waals surface area contributed by atoms with E-state index in [1.165, 1.54) is 16.8 Å². The average molecular weight is 348 g/mol. The van der Waals surface area contributed by atoms with E-state index in [4.69, 9.17) is 5.11 Å². The molecule has 0 aliphatic carbocycles. The SMILES string of the molecule is CC1=CC(C)(C)N(C)c2cc(C)c(C=Nc3cccc(C(=O)O)c3)cc21. The third-order valence-electron chi connectivity index (χ3n) is 5.05. The van der Waals surface area contributed by atoms with Gasteiger partial charge >= 0.3 is 5.97 Å². The lowest BCUT2D eigenvalue weighted by atomic mass is 9.87. The summed E-state index contributed by atoms with van der Waals surface area (Å²) < 4.78 is 0. The highest BCUT2D eigenvalue weighted by molar-refractivity contribution is 5.91. The highest BCUT2D eigenvalue weighted by Gasteiger charge is 2.28. The predicted octanol–water partition coefficient (Wildman–Crippen LogP) is 5.08. The topological polar surface area (TPSA) is 52.9 Å². The van der Waals surface area contributed by atoms with Gasteiger partial charge in [0.15, 0.2) is 0 Å². The summed E-state index contributed by atoms with van der Waals surface area (Å²) in [6.07, 6.45) is 4.09. The summed E-state index contributed by atoms with van der Waals surface area (Å²) in [5.41, 5.74) is 6.71. The molecule has 0 fully saturated rings. The zero-order valence-electron chi connectivity index (χ0n) is 15.9. The maximum atomic E-state index is 11.1. The number of benzene rings is 2. The van der Waals surface area contributed by atoms with Crippen LogP contribution in [0.15, 0.2) is 47.5 Å². The summed E-state index contributed by atoms with van der Waals surface area (Å²) >= 11 is 0. The molecule has 2 aromatic rings. The lowest BCUT2D eigenvalue weighted by Gasteiger charge is -2.41. The van der Waals surface area contributed by atoms with Crippen LogP contribution in [0.4, 0.5) is 11.4 Å². The molecule has 0 unspecified atom stereocenters. The Labute approximate surface area is 154 Å². The molecule has 0 radical (unpaired) electrons. The Morgan fingerprint density at radius 1 is 1.19 bits per heavy atom. The molecular formula is C22H24N2O2. The highest BCUT2D eigenvalue weighted by Crippen LogP contribution is 2.39. The molecule has 1 heterocycles. The summed E-state index contributed by atoms with van der Waals surface area (Å²) in [5.74, 6) is -0.946. The minimum atomic E-state index is -0.946. The first-order valence-corrected chi connectivity index (χ1v) is 8.65. The molecule has 1 N–H and O–H groups in total. The largest absolute Gasteiger partial charge is 0.478 e. The number of likely N-dealkylation sites (N-methyl/N-ethyl adjacent to an activating group) is 1. The van der Waals surface area contributed by atoms with Crippen molar-refractivity contribution >= 4 is 29.1 Å². The number of hydrogen-bond acceptors (Lipinski definition) is 3. The number of carboxylic acids is 1. The van der Waals surface area contributed by atoms with Gasteiger partial charge in [0.1, 0.15) is 0 Å². The van der Waals surface area contributed by atoms with Crippen LogP contribution < -0.4 is 4.90 Å². The van der Waals surface area contributed by atoms with Crippen molar-refractivity contribution in [3.63, 3.8) is 0 Å². The van der Waals surface area contributed by atoms with Crippen LogP contribution in [0, 0.1) is 6.92 Å². The monoisotopic (exact) mass is 348 g/mol. The highest BCUT2D eigenvalue weighted by atomic mass is 16.4. The maximum absolute atomic E-state index is 11.1. The van der Waals surface area contributed by atoms with E-state index in [0.717, 1.165) is 11.1 Å². The Kier molecular flexibility index (Phi) is 4.45. The third-order valence-corrected chi connectivity index (χ3v) is 5.05. The van der Waals surface area contributed by atoms with Gasteiger partial charge in [-0.05, 0) is 74.7 Å². The fourth-order valence-electron chi connectivity index (χ4n) is 3.32. The standard InChI is InChI=1S/C22H24N2O2/c1-14-9-20-19(15(2)12-22(3,4)24(20)5)11-17(14)13-23-18-8-6-7-16(10-18)21(25)26/h6-13H,1-5H3,(H,25,26). The zero-order chi connectivity index (χ0) is 19.1. The van der Waals surface area contributed by atoms with Crippen molar-refractivity contribution in [2.75, 3.05) is 11.9 Å². The van der Waals surface area contributed by atoms with Crippen LogP contribution in [0.25, 0.3) is 5.57 Å². The van der Waals surface area contributed by atoms with Crippen LogP contribution in [-0.2, 0) is 0 Å². The van der Waals surface area contributed by atoms with Gasteiger partial charge in [-0.1, -0.05) is 12.1 Å². The van der Waals surface area contributed by atoms with E-state index >= 15 is 0 Å². The number of hydrogen-bond donors (Lipinski definition) is 1. The van der Waals surface area contributed by atoms with E-state index in [1.54, 1.807) is 24.3 Å². The van der Waals surface area contributed by atoms with Crippen molar-refractivity contribution in [3.8, 4) is 0 Å². The number of nitrogens with zero attached hydrogens (tertiary/aromatic N) is 2. The predicted molar refractivity (Wildman–Crippen MR) is 108 cm³/mol. The first kappa shape index (κ1) is 17.9. The van der Waals surface area contributed by atoms with Crippen LogP contribution in [0.3, 0.4) is 0 Å². The maximum Gasteiger partial charge on any atom is 0.335 e. The Morgan fingerprint density at radius 2 is 1.92 bits per heavy atom. The number of carboxylic acid groups (broad SMARTS) is 1. The number of rotatable bonds is 3. The fraction of sp³-hybridized carbons (Fsp3) is 0.273. The summed E-state index contributed by atoms with van der Waals surface area (Å²) in [7, 11) is 2.12. The third kappa shape index (κ3) is 3.27. The van der Waals surface area contributed by atoms with E-state index in [2.05, 4.69) is 62.8 Å². The molecule has 2 aromatic carbocycles. The average Bonchev–Trinajstić information content (AvgIpc) is 2.58. The molecule has 0 spiro atoms. The van der Waals surface area contributed by atoms with Gasteiger partial charge in [0.2, 0.25) is 0 Å². The number of aromatic carboxylic acids is 1.